The summed E-state index contributed by atoms with van der Waals surface area (Å²) in [5, 5.41) is 0. The van der Waals surface area contributed by atoms with Gasteiger partial charge in [0, 0.05) is 19.3 Å². The third kappa shape index (κ3) is 55.9. The molecule has 0 rings (SSSR count). The summed E-state index contributed by atoms with van der Waals surface area (Å²) in [5.41, 5.74) is 0. The SMILES string of the molecule is CC/C=C/C/C=C/C/C=C/CCCCCCCC(=O)OC[C@H](COC(=O)CCCCCCCCCCC/C=C/CCCCCCCC)OC(=O)CCCCCCCCC/C=C/CCCCCCCC. The van der Waals surface area contributed by atoms with E-state index in [0.29, 0.717) is 19.3 Å². The highest BCUT2D eigenvalue weighted by molar-refractivity contribution is 5.71. The summed E-state index contributed by atoms with van der Waals surface area (Å²) in [4.78, 5) is 38.2. The Morgan fingerprint density at radius 2 is 0.565 bits per heavy atom. The molecule has 0 saturated heterocycles. The second kappa shape index (κ2) is 57.7. The van der Waals surface area contributed by atoms with Gasteiger partial charge in [-0.1, -0.05) is 242 Å². The molecule has 0 fully saturated rings. The molecule has 69 heavy (non-hydrogen) atoms. The Hall–Kier alpha value is -2.89. The average molecular weight is 966 g/mol. The van der Waals surface area contributed by atoms with Crippen LogP contribution >= 0.6 is 0 Å². The van der Waals surface area contributed by atoms with E-state index in [1.54, 1.807) is 0 Å². The fourth-order valence-corrected chi connectivity index (χ4v) is 8.51. The van der Waals surface area contributed by atoms with Gasteiger partial charge in [0.2, 0.25) is 0 Å². The van der Waals surface area contributed by atoms with Crippen molar-refractivity contribution < 1.29 is 28.6 Å². The van der Waals surface area contributed by atoms with Crippen LogP contribution in [0, 0.1) is 0 Å². The van der Waals surface area contributed by atoms with Crippen molar-refractivity contribution in [1.29, 1.82) is 0 Å². The average Bonchev–Trinajstić information content (AvgIpc) is 3.35. The molecule has 0 saturated carbocycles. The van der Waals surface area contributed by atoms with Crippen LogP contribution in [-0.4, -0.2) is 37.2 Å². The molecule has 0 N–H and O–H groups in total. The molecule has 0 aliphatic heterocycles. The zero-order chi connectivity index (χ0) is 50.0. The molecule has 0 aliphatic carbocycles. The molecule has 400 valence electrons. The van der Waals surface area contributed by atoms with E-state index in [9.17, 15) is 14.4 Å². The van der Waals surface area contributed by atoms with Gasteiger partial charge in [-0.25, -0.2) is 0 Å². The number of esters is 3. The van der Waals surface area contributed by atoms with Crippen LogP contribution in [0.2, 0.25) is 0 Å². The lowest BCUT2D eigenvalue weighted by Crippen LogP contribution is -2.30. The van der Waals surface area contributed by atoms with E-state index in [4.69, 9.17) is 14.2 Å². The number of unbranched alkanes of at least 4 members (excludes halogenated alkanes) is 33. The summed E-state index contributed by atoms with van der Waals surface area (Å²) in [6.45, 7) is 6.53. The lowest BCUT2D eigenvalue weighted by molar-refractivity contribution is -0.167. The highest BCUT2D eigenvalue weighted by Crippen LogP contribution is 2.16. The highest BCUT2D eigenvalue weighted by atomic mass is 16.6. The minimum absolute atomic E-state index is 0.0813. The second-order valence-corrected chi connectivity index (χ2v) is 19.9. The normalized spacial score (nSPS) is 12.4. The third-order valence-corrected chi connectivity index (χ3v) is 13.0. The van der Waals surface area contributed by atoms with Gasteiger partial charge < -0.3 is 14.2 Å². The van der Waals surface area contributed by atoms with Gasteiger partial charge >= 0.3 is 17.9 Å². The third-order valence-electron chi connectivity index (χ3n) is 13.0. The fraction of sp³-hybridized carbons (Fsp3) is 0.794. The van der Waals surface area contributed by atoms with Crippen molar-refractivity contribution in [2.75, 3.05) is 13.2 Å². The topological polar surface area (TPSA) is 78.9 Å². The van der Waals surface area contributed by atoms with Gasteiger partial charge in [0.15, 0.2) is 6.10 Å². The molecular weight excluding hydrogens is 853 g/mol. The lowest BCUT2D eigenvalue weighted by Gasteiger charge is -2.18. The van der Waals surface area contributed by atoms with Crippen molar-refractivity contribution in [3.05, 3.63) is 60.8 Å². The maximum absolute atomic E-state index is 12.9. The number of hydrogen-bond donors (Lipinski definition) is 0. The molecule has 0 heterocycles. The van der Waals surface area contributed by atoms with E-state index < -0.39 is 6.10 Å². The van der Waals surface area contributed by atoms with Gasteiger partial charge in [-0.2, -0.15) is 0 Å². The van der Waals surface area contributed by atoms with Crippen LogP contribution in [0.25, 0.3) is 0 Å². The van der Waals surface area contributed by atoms with E-state index in [2.05, 4.69) is 81.5 Å². The van der Waals surface area contributed by atoms with Crippen molar-refractivity contribution in [2.24, 2.45) is 0 Å². The fourth-order valence-electron chi connectivity index (χ4n) is 8.51. The highest BCUT2D eigenvalue weighted by Gasteiger charge is 2.19. The van der Waals surface area contributed by atoms with E-state index in [-0.39, 0.29) is 31.1 Å². The minimum Gasteiger partial charge on any atom is -0.462 e. The molecule has 6 nitrogen and oxygen atoms in total. The Labute approximate surface area is 428 Å². The quantitative estimate of drug-likeness (QED) is 0.0262. The first kappa shape index (κ1) is 66.1. The summed E-state index contributed by atoms with van der Waals surface area (Å²) in [6.07, 6.45) is 72.1. The van der Waals surface area contributed by atoms with Crippen molar-refractivity contribution in [3.8, 4) is 0 Å². The molecule has 0 spiro atoms. The number of ether oxygens (including phenoxy) is 3. The summed E-state index contributed by atoms with van der Waals surface area (Å²) >= 11 is 0. The zero-order valence-electron chi connectivity index (χ0n) is 45.8. The van der Waals surface area contributed by atoms with Crippen LogP contribution in [-0.2, 0) is 28.6 Å². The number of carbonyl (C=O) groups excluding carboxylic acids is 3. The zero-order valence-corrected chi connectivity index (χ0v) is 45.8. The van der Waals surface area contributed by atoms with Crippen LogP contribution in [0.15, 0.2) is 60.8 Å². The predicted molar refractivity (Wildman–Crippen MR) is 298 cm³/mol. The first-order valence-corrected chi connectivity index (χ1v) is 29.8. The van der Waals surface area contributed by atoms with E-state index in [1.165, 1.54) is 167 Å². The molecule has 0 aromatic rings. The Bertz CT molecular complexity index is 1250. The Balaban J connectivity index is 4.38. The maximum atomic E-state index is 12.9. The lowest BCUT2D eigenvalue weighted by atomic mass is 10.1. The van der Waals surface area contributed by atoms with E-state index in [0.717, 1.165) is 96.3 Å². The summed E-state index contributed by atoms with van der Waals surface area (Å²) < 4.78 is 16.9. The summed E-state index contributed by atoms with van der Waals surface area (Å²) in [6, 6.07) is 0. The molecule has 0 radical (unpaired) electrons. The summed E-state index contributed by atoms with van der Waals surface area (Å²) in [7, 11) is 0. The van der Waals surface area contributed by atoms with Crippen LogP contribution in [0.4, 0.5) is 0 Å². The Kier molecular flexibility index (Phi) is 55.3. The number of carbonyl (C=O) groups is 3. The summed E-state index contributed by atoms with van der Waals surface area (Å²) in [5.74, 6) is -0.893. The first-order chi connectivity index (χ1) is 34.0. The van der Waals surface area contributed by atoms with Gasteiger partial charge in [-0.05, 0) is 103 Å². The van der Waals surface area contributed by atoms with Crippen LogP contribution in [0.3, 0.4) is 0 Å². The maximum Gasteiger partial charge on any atom is 0.306 e. The van der Waals surface area contributed by atoms with Crippen LogP contribution < -0.4 is 0 Å². The standard InChI is InChI=1S/C63H112O6/c1-4-7-10-13-16-19-22-25-28-30-31-33-35-38-41-44-47-50-53-56-62(65)68-59-60(58-67-61(64)55-52-49-46-43-40-37-34-27-24-21-18-15-12-9-6-3)69-63(66)57-54-51-48-45-42-39-36-32-29-26-23-20-17-14-11-8-5-2/h9,12,18,21,25-29,34,60H,4-8,10-11,13-17,19-20,22-24,30-33,35-59H2,1-3H3/b12-9+,21-18+,28-25+,29-26+,34-27+/t60-/m1/s1. The molecule has 0 amide bonds. The van der Waals surface area contributed by atoms with Gasteiger partial charge in [0.05, 0.1) is 0 Å². The second-order valence-electron chi connectivity index (χ2n) is 19.9. The number of hydrogen-bond acceptors (Lipinski definition) is 6. The monoisotopic (exact) mass is 965 g/mol. The molecule has 1 atom stereocenters. The molecule has 0 aromatic heterocycles. The number of allylic oxidation sites excluding steroid dienone is 10. The molecule has 0 unspecified atom stereocenters. The predicted octanol–water partition coefficient (Wildman–Crippen LogP) is 20.0. The minimum atomic E-state index is -0.784. The Morgan fingerprint density at radius 3 is 0.899 bits per heavy atom. The smallest absolute Gasteiger partial charge is 0.306 e. The van der Waals surface area contributed by atoms with Gasteiger partial charge in [-0.15, -0.1) is 0 Å². The molecule has 0 bridgehead atoms. The van der Waals surface area contributed by atoms with Crippen molar-refractivity contribution in [3.63, 3.8) is 0 Å². The van der Waals surface area contributed by atoms with Gasteiger partial charge in [-0.3, -0.25) is 14.4 Å². The van der Waals surface area contributed by atoms with E-state index >= 15 is 0 Å². The van der Waals surface area contributed by atoms with Crippen LogP contribution in [0.5, 0.6) is 0 Å². The van der Waals surface area contributed by atoms with Crippen molar-refractivity contribution in [2.45, 2.75) is 309 Å². The number of rotatable bonds is 54. The molecule has 6 heteroatoms. The molecule has 0 aromatic carbocycles. The van der Waals surface area contributed by atoms with Crippen LogP contribution in [0.1, 0.15) is 303 Å². The largest absolute Gasteiger partial charge is 0.462 e. The molecule has 0 aliphatic rings. The van der Waals surface area contributed by atoms with Crippen molar-refractivity contribution in [1.82, 2.24) is 0 Å². The first-order valence-electron chi connectivity index (χ1n) is 29.8. The van der Waals surface area contributed by atoms with E-state index in [1.807, 2.05) is 0 Å². The Morgan fingerprint density at radius 1 is 0.304 bits per heavy atom. The van der Waals surface area contributed by atoms with Gasteiger partial charge in [0.1, 0.15) is 13.2 Å². The van der Waals surface area contributed by atoms with Crippen molar-refractivity contribution >= 4 is 17.9 Å². The molecular formula is C63H112O6. The van der Waals surface area contributed by atoms with Gasteiger partial charge in [0.25, 0.3) is 0 Å².